The van der Waals surface area contributed by atoms with Crippen molar-refractivity contribution >= 4 is 5.91 Å². The molecule has 2 rings (SSSR count). The maximum atomic E-state index is 12.5. The summed E-state index contributed by atoms with van der Waals surface area (Å²) >= 11 is 0. The highest BCUT2D eigenvalue weighted by Crippen LogP contribution is 2.59. The molecule has 0 radical (unpaired) electrons. The second kappa shape index (κ2) is 6.51. The molecule has 1 aliphatic carbocycles. The summed E-state index contributed by atoms with van der Waals surface area (Å²) < 4.78 is 0. The van der Waals surface area contributed by atoms with E-state index in [9.17, 15) is 4.79 Å². The summed E-state index contributed by atoms with van der Waals surface area (Å²) in [5.74, 6) is 0.825. The molecule has 0 bridgehead atoms. The van der Waals surface area contributed by atoms with Crippen LogP contribution in [0.3, 0.4) is 0 Å². The zero-order valence-electron chi connectivity index (χ0n) is 14.4. The number of likely N-dealkylation sites (tertiary alicyclic amines) is 1. The molecule has 120 valence electrons. The molecule has 3 atom stereocenters. The van der Waals surface area contributed by atoms with Gasteiger partial charge in [0, 0.05) is 12.6 Å². The van der Waals surface area contributed by atoms with Gasteiger partial charge in [0.1, 0.15) is 0 Å². The van der Waals surface area contributed by atoms with E-state index < -0.39 is 0 Å². The van der Waals surface area contributed by atoms with E-state index in [-0.39, 0.29) is 17.2 Å². The van der Waals surface area contributed by atoms with Crippen LogP contribution in [0.5, 0.6) is 0 Å². The second-order valence-corrected chi connectivity index (χ2v) is 7.59. The lowest BCUT2D eigenvalue weighted by atomic mass is 10.0. The molecule has 0 aromatic heterocycles. The van der Waals surface area contributed by atoms with E-state index in [4.69, 9.17) is 0 Å². The first-order valence-corrected chi connectivity index (χ1v) is 8.54. The van der Waals surface area contributed by atoms with Crippen molar-refractivity contribution in [3.05, 3.63) is 11.6 Å². The smallest absolute Gasteiger partial charge is 0.224 e. The molecule has 1 N–H and O–H groups in total. The van der Waals surface area contributed by atoms with E-state index in [2.05, 4.69) is 50.9 Å². The summed E-state index contributed by atoms with van der Waals surface area (Å²) in [4.78, 5) is 15.0. The van der Waals surface area contributed by atoms with E-state index in [1.807, 2.05) is 0 Å². The van der Waals surface area contributed by atoms with Gasteiger partial charge < -0.3 is 5.32 Å². The molecule has 1 saturated heterocycles. The van der Waals surface area contributed by atoms with Crippen LogP contribution in [0, 0.1) is 17.3 Å². The first-order chi connectivity index (χ1) is 9.87. The minimum Gasteiger partial charge on any atom is -0.354 e. The van der Waals surface area contributed by atoms with Gasteiger partial charge in [0.15, 0.2) is 0 Å². The Bertz CT molecular complexity index is 409. The number of carbonyl (C=O) groups is 1. The van der Waals surface area contributed by atoms with Crippen LogP contribution < -0.4 is 5.32 Å². The van der Waals surface area contributed by atoms with E-state index in [0.29, 0.717) is 12.0 Å². The van der Waals surface area contributed by atoms with Crippen molar-refractivity contribution in [2.75, 3.05) is 19.6 Å². The Morgan fingerprint density at radius 3 is 2.67 bits per heavy atom. The number of piperidine rings is 1. The molecule has 0 unspecified atom stereocenters. The lowest BCUT2D eigenvalue weighted by molar-refractivity contribution is -0.123. The third kappa shape index (κ3) is 3.68. The number of allylic oxidation sites excluding steroid dienone is 2. The fraction of sp³-hybridized carbons (Fsp3) is 0.833. The van der Waals surface area contributed by atoms with Gasteiger partial charge in [0.05, 0.1) is 5.92 Å². The molecular weight excluding hydrogens is 260 g/mol. The standard InChI is InChI=1S/C18H32N2O/c1-6-20-10-8-7-9-14(20)12-19-17(21)16-15(11-13(2)3)18(16,4)5/h11,14-16H,6-10,12H2,1-5H3,(H,19,21)/t14-,15-,16+/m1/s1. The summed E-state index contributed by atoms with van der Waals surface area (Å²) in [5.41, 5.74) is 1.44. The lowest BCUT2D eigenvalue weighted by Gasteiger charge is -2.34. The average Bonchev–Trinajstić information content (AvgIpc) is 2.96. The minimum absolute atomic E-state index is 0.123. The van der Waals surface area contributed by atoms with Crippen LogP contribution >= 0.6 is 0 Å². The molecule has 0 aromatic carbocycles. The fourth-order valence-corrected chi connectivity index (χ4v) is 3.88. The molecular formula is C18H32N2O. The van der Waals surface area contributed by atoms with Crippen LogP contribution in [0.25, 0.3) is 0 Å². The number of amides is 1. The first kappa shape index (κ1) is 16.5. The maximum Gasteiger partial charge on any atom is 0.224 e. The number of rotatable bonds is 5. The molecule has 0 aromatic rings. The number of hydrogen-bond acceptors (Lipinski definition) is 2. The quantitative estimate of drug-likeness (QED) is 0.789. The summed E-state index contributed by atoms with van der Waals surface area (Å²) in [5, 5.41) is 3.23. The zero-order chi connectivity index (χ0) is 15.6. The minimum atomic E-state index is 0.123. The Morgan fingerprint density at radius 1 is 1.33 bits per heavy atom. The average molecular weight is 292 g/mol. The molecule has 1 amide bonds. The predicted octanol–water partition coefficient (Wildman–Crippen LogP) is 3.22. The van der Waals surface area contributed by atoms with Gasteiger partial charge in [-0.25, -0.2) is 0 Å². The molecule has 1 saturated carbocycles. The Balaban J connectivity index is 1.86. The Hall–Kier alpha value is -0.830. The van der Waals surface area contributed by atoms with Crippen molar-refractivity contribution in [1.29, 1.82) is 0 Å². The van der Waals surface area contributed by atoms with Crippen LogP contribution in [0.1, 0.15) is 53.9 Å². The van der Waals surface area contributed by atoms with Gasteiger partial charge in [-0.3, -0.25) is 9.69 Å². The highest BCUT2D eigenvalue weighted by Gasteiger charge is 2.60. The van der Waals surface area contributed by atoms with E-state index in [1.165, 1.54) is 31.4 Å². The van der Waals surface area contributed by atoms with Crippen molar-refractivity contribution in [3.63, 3.8) is 0 Å². The van der Waals surface area contributed by atoms with Crippen LogP contribution in [0.2, 0.25) is 0 Å². The van der Waals surface area contributed by atoms with Crippen molar-refractivity contribution < 1.29 is 4.79 Å². The van der Waals surface area contributed by atoms with Crippen molar-refractivity contribution in [2.45, 2.75) is 59.9 Å². The highest BCUT2D eigenvalue weighted by atomic mass is 16.2. The summed E-state index contributed by atoms with van der Waals surface area (Å²) in [7, 11) is 0. The summed E-state index contributed by atoms with van der Waals surface area (Å²) in [6, 6.07) is 0.538. The van der Waals surface area contributed by atoms with Crippen LogP contribution in [-0.4, -0.2) is 36.5 Å². The molecule has 3 nitrogen and oxygen atoms in total. The summed E-state index contributed by atoms with van der Waals surface area (Å²) in [6.07, 6.45) is 6.09. The van der Waals surface area contributed by atoms with Gasteiger partial charge in [-0.1, -0.05) is 38.8 Å². The van der Waals surface area contributed by atoms with Gasteiger partial charge >= 0.3 is 0 Å². The highest BCUT2D eigenvalue weighted by molar-refractivity contribution is 5.83. The SMILES string of the molecule is CCN1CCCC[C@@H]1CNC(=O)[C@@H]1[C@@H](C=C(C)C)C1(C)C. The van der Waals surface area contributed by atoms with E-state index in [1.54, 1.807) is 0 Å². The monoisotopic (exact) mass is 292 g/mol. The fourth-order valence-electron chi connectivity index (χ4n) is 3.88. The Morgan fingerprint density at radius 2 is 2.05 bits per heavy atom. The topological polar surface area (TPSA) is 32.3 Å². The third-order valence-electron chi connectivity index (χ3n) is 5.37. The number of hydrogen-bond donors (Lipinski definition) is 1. The normalized spacial score (nSPS) is 31.6. The molecule has 2 aliphatic rings. The largest absolute Gasteiger partial charge is 0.354 e. The van der Waals surface area contributed by atoms with Gasteiger partial charge in [0.2, 0.25) is 5.91 Å². The Labute approximate surface area is 130 Å². The van der Waals surface area contributed by atoms with Gasteiger partial charge in [0.25, 0.3) is 0 Å². The van der Waals surface area contributed by atoms with Crippen LogP contribution in [-0.2, 0) is 4.79 Å². The van der Waals surface area contributed by atoms with Crippen molar-refractivity contribution in [3.8, 4) is 0 Å². The number of likely N-dealkylation sites (N-methyl/N-ethyl adjacent to an activating group) is 1. The van der Waals surface area contributed by atoms with Gasteiger partial charge in [-0.2, -0.15) is 0 Å². The third-order valence-corrected chi connectivity index (χ3v) is 5.37. The molecule has 2 fully saturated rings. The van der Waals surface area contributed by atoms with E-state index in [0.717, 1.165) is 13.1 Å². The van der Waals surface area contributed by atoms with Crippen LogP contribution in [0.15, 0.2) is 11.6 Å². The molecule has 3 heteroatoms. The Kier molecular flexibility index (Phi) is 5.13. The second-order valence-electron chi connectivity index (χ2n) is 7.59. The van der Waals surface area contributed by atoms with Gasteiger partial charge in [-0.15, -0.1) is 0 Å². The zero-order valence-corrected chi connectivity index (χ0v) is 14.4. The molecule has 1 heterocycles. The number of carbonyl (C=O) groups excluding carboxylic acids is 1. The molecule has 21 heavy (non-hydrogen) atoms. The van der Waals surface area contributed by atoms with Crippen LogP contribution in [0.4, 0.5) is 0 Å². The lowest BCUT2D eigenvalue weighted by Crippen LogP contribution is -2.46. The van der Waals surface area contributed by atoms with Crippen molar-refractivity contribution in [2.24, 2.45) is 17.3 Å². The molecule has 0 spiro atoms. The van der Waals surface area contributed by atoms with Gasteiger partial charge in [-0.05, 0) is 51.1 Å². The van der Waals surface area contributed by atoms with Crippen molar-refractivity contribution in [1.82, 2.24) is 10.2 Å². The number of nitrogens with one attached hydrogen (secondary N) is 1. The summed E-state index contributed by atoms with van der Waals surface area (Å²) in [6.45, 7) is 14.0. The first-order valence-electron chi connectivity index (χ1n) is 8.54. The maximum absolute atomic E-state index is 12.5. The molecule has 1 aliphatic heterocycles. The predicted molar refractivity (Wildman–Crippen MR) is 88.1 cm³/mol. The number of nitrogens with zero attached hydrogens (tertiary/aromatic N) is 1. The van der Waals surface area contributed by atoms with E-state index >= 15 is 0 Å².